The lowest BCUT2D eigenvalue weighted by Gasteiger charge is -2.31. The summed E-state index contributed by atoms with van der Waals surface area (Å²) >= 11 is 0. The average Bonchev–Trinajstić information content (AvgIpc) is 3.37. The molecule has 1 saturated heterocycles. The molecule has 5 rings (SSSR count). The predicted molar refractivity (Wildman–Crippen MR) is 128 cm³/mol. The Morgan fingerprint density at radius 3 is 2.25 bits per heavy atom. The standard InChI is InChI=1S/C24H20F5N7O3S/c1-12-18(22-35-34-21(39-22)17-6-9-30-23(33-17)24(27,28)29)19(32-13(2)31-12)14-7-10-36(11-8-14)40(37,38)20-15(25)4-3-5-16(20)26/h3-6,9,14H,7-8,10-11H2,1-2H3. The second-order valence-electron chi connectivity index (χ2n) is 9.02. The van der Waals surface area contributed by atoms with E-state index in [9.17, 15) is 30.4 Å². The molecule has 0 atom stereocenters. The van der Waals surface area contributed by atoms with E-state index in [0.29, 0.717) is 22.8 Å². The highest BCUT2D eigenvalue weighted by atomic mass is 32.2. The van der Waals surface area contributed by atoms with Crippen LogP contribution in [0.1, 0.15) is 41.8 Å². The van der Waals surface area contributed by atoms with Gasteiger partial charge in [0.15, 0.2) is 4.90 Å². The molecule has 10 nitrogen and oxygen atoms in total. The van der Waals surface area contributed by atoms with Gasteiger partial charge in [-0.3, -0.25) is 0 Å². The molecule has 40 heavy (non-hydrogen) atoms. The Bertz CT molecular complexity index is 1670. The van der Waals surface area contributed by atoms with Crippen LogP contribution in [0.3, 0.4) is 0 Å². The minimum absolute atomic E-state index is 0.0431. The summed E-state index contributed by atoms with van der Waals surface area (Å²) in [4.78, 5) is 14.6. The monoisotopic (exact) mass is 581 g/mol. The molecule has 4 aromatic rings. The summed E-state index contributed by atoms with van der Waals surface area (Å²) in [6, 6.07) is 4.04. The third-order valence-electron chi connectivity index (χ3n) is 6.35. The summed E-state index contributed by atoms with van der Waals surface area (Å²) in [7, 11) is -4.43. The number of sulfonamides is 1. The van der Waals surface area contributed by atoms with Gasteiger partial charge in [-0.15, -0.1) is 10.2 Å². The number of hydrogen-bond donors (Lipinski definition) is 0. The molecule has 0 aliphatic carbocycles. The molecule has 0 amide bonds. The van der Waals surface area contributed by atoms with Crippen molar-refractivity contribution in [3.05, 3.63) is 65.1 Å². The number of rotatable bonds is 5. The zero-order valence-electron chi connectivity index (χ0n) is 20.9. The Kier molecular flexibility index (Phi) is 7.08. The molecule has 1 aliphatic rings. The van der Waals surface area contributed by atoms with Crippen molar-refractivity contribution >= 4 is 10.0 Å². The van der Waals surface area contributed by atoms with Gasteiger partial charge in [-0.2, -0.15) is 17.5 Å². The first-order valence-corrected chi connectivity index (χ1v) is 13.3. The Labute approximate surface area is 224 Å². The Morgan fingerprint density at radius 2 is 1.60 bits per heavy atom. The molecule has 0 radical (unpaired) electrons. The van der Waals surface area contributed by atoms with Gasteiger partial charge in [0.2, 0.25) is 15.8 Å². The molecule has 1 fully saturated rings. The summed E-state index contributed by atoms with van der Waals surface area (Å²) in [5.74, 6) is -3.95. The molecule has 0 spiro atoms. The van der Waals surface area contributed by atoms with Gasteiger partial charge in [0.25, 0.3) is 11.8 Å². The van der Waals surface area contributed by atoms with Gasteiger partial charge in [0.1, 0.15) is 23.2 Å². The van der Waals surface area contributed by atoms with E-state index in [-0.39, 0.29) is 49.3 Å². The third-order valence-corrected chi connectivity index (χ3v) is 8.31. The van der Waals surface area contributed by atoms with Crippen molar-refractivity contribution in [1.82, 2.24) is 34.4 Å². The van der Waals surface area contributed by atoms with Crippen LogP contribution in [0.5, 0.6) is 0 Å². The first-order valence-electron chi connectivity index (χ1n) is 11.9. The minimum atomic E-state index is -4.77. The van der Waals surface area contributed by atoms with Crippen LogP contribution >= 0.6 is 0 Å². The molecule has 4 heterocycles. The van der Waals surface area contributed by atoms with Crippen LogP contribution in [0.25, 0.3) is 23.0 Å². The Morgan fingerprint density at radius 1 is 0.950 bits per heavy atom. The zero-order valence-corrected chi connectivity index (χ0v) is 21.8. The third kappa shape index (κ3) is 5.15. The van der Waals surface area contributed by atoms with Crippen molar-refractivity contribution in [2.24, 2.45) is 0 Å². The fourth-order valence-corrected chi connectivity index (χ4v) is 6.15. The largest absolute Gasteiger partial charge is 0.451 e. The fraction of sp³-hybridized carbons (Fsp3) is 0.333. The van der Waals surface area contributed by atoms with Crippen molar-refractivity contribution in [3.63, 3.8) is 0 Å². The number of benzene rings is 1. The first kappa shape index (κ1) is 27.6. The molecule has 0 bridgehead atoms. The number of aryl methyl sites for hydroxylation is 2. The quantitative estimate of drug-likeness (QED) is 0.314. The smallest absolute Gasteiger partial charge is 0.414 e. The number of aromatic nitrogens is 6. The van der Waals surface area contributed by atoms with Crippen molar-refractivity contribution < 1.29 is 34.8 Å². The highest BCUT2D eigenvalue weighted by molar-refractivity contribution is 7.89. The number of halogens is 5. The van der Waals surface area contributed by atoms with Gasteiger partial charge in [0.05, 0.1) is 17.0 Å². The van der Waals surface area contributed by atoms with E-state index in [4.69, 9.17) is 4.42 Å². The maximum absolute atomic E-state index is 14.2. The van der Waals surface area contributed by atoms with Gasteiger partial charge in [-0.1, -0.05) is 6.07 Å². The van der Waals surface area contributed by atoms with Crippen molar-refractivity contribution in [3.8, 4) is 23.0 Å². The highest BCUT2D eigenvalue weighted by Crippen LogP contribution is 2.37. The Hall–Kier alpha value is -3.92. The van der Waals surface area contributed by atoms with Crippen LogP contribution in [-0.4, -0.2) is 55.9 Å². The number of hydrogen-bond acceptors (Lipinski definition) is 9. The molecule has 0 saturated carbocycles. The van der Waals surface area contributed by atoms with Crippen LogP contribution in [0.2, 0.25) is 0 Å². The number of nitrogens with zero attached hydrogens (tertiary/aromatic N) is 7. The summed E-state index contributed by atoms with van der Waals surface area (Å²) in [6.45, 7) is 3.25. The fourth-order valence-electron chi connectivity index (χ4n) is 4.57. The zero-order chi connectivity index (χ0) is 28.8. The first-order chi connectivity index (χ1) is 18.9. The van der Waals surface area contributed by atoms with Gasteiger partial charge < -0.3 is 4.42 Å². The van der Waals surface area contributed by atoms with Gasteiger partial charge >= 0.3 is 6.18 Å². The summed E-state index contributed by atoms with van der Waals surface area (Å²) in [6.07, 6.45) is -3.34. The molecule has 16 heteroatoms. The minimum Gasteiger partial charge on any atom is -0.414 e. The van der Waals surface area contributed by atoms with Gasteiger partial charge in [-0.05, 0) is 44.9 Å². The van der Waals surface area contributed by atoms with E-state index in [1.807, 2.05) is 0 Å². The lowest BCUT2D eigenvalue weighted by atomic mass is 9.90. The summed E-state index contributed by atoms with van der Waals surface area (Å²) in [5.41, 5.74) is 1.07. The van der Waals surface area contributed by atoms with Crippen LogP contribution < -0.4 is 0 Å². The molecular weight excluding hydrogens is 561 g/mol. The molecular formula is C24H20F5N7O3S. The van der Waals surface area contributed by atoms with E-state index in [0.717, 1.165) is 28.7 Å². The number of piperidine rings is 1. The van der Waals surface area contributed by atoms with E-state index in [1.54, 1.807) is 13.8 Å². The molecule has 0 N–H and O–H groups in total. The average molecular weight is 582 g/mol. The van der Waals surface area contributed by atoms with Crippen LogP contribution in [0.4, 0.5) is 22.0 Å². The van der Waals surface area contributed by atoms with Crippen molar-refractivity contribution in [2.75, 3.05) is 13.1 Å². The molecule has 1 aliphatic heterocycles. The summed E-state index contributed by atoms with van der Waals surface area (Å²) < 4.78 is 100. The van der Waals surface area contributed by atoms with Gasteiger partial charge in [-0.25, -0.2) is 37.1 Å². The topological polar surface area (TPSA) is 128 Å². The lowest BCUT2D eigenvalue weighted by Crippen LogP contribution is -2.39. The van der Waals surface area contributed by atoms with Crippen LogP contribution in [0, 0.1) is 25.5 Å². The van der Waals surface area contributed by atoms with Crippen molar-refractivity contribution in [2.45, 2.75) is 43.7 Å². The highest BCUT2D eigenvalue weighted by Gasteiger charge is 2.37. The SMILES string of the molecule is Cc1nc(C)c(-c2nnc(-c3ccnc(C(F)(F)F)n3)o2)c(C2CCN(S(=O)(=O)c3c(F)cccc3F)CC2)n1. The predicted octanol–water partition coefficient (Wildman–Crippen LogP) is 4.47. The van der Waals surface area contributed by atoms with E-state index in [1.165, 1.54) is 6.07 Å². The van der Waals surface area contributed by atoms with E-state index >= 15 is 0 Å². The second kappa shape index (κ2) is 10.2. The lowest BCUT2D eigenvalue weighted by molar-refractivity contribution is -0.144. The molecule has 1 aromatic carbocycles. The van der Waals surface area contributed by atoms with Gasteiger partial charge in [0, 0.05) is 25.2 Å². The normalized spacial score (nSPS) is 15.5. The van der Waals surface area contributed by atoms with E-state index in [2.05, 4.69) is 30.1 Å². The molecule has 0 unspecified atom stereocenters. The molecule has 210 valence electrons. The Balaban J connectivity index is 1.44. The second-order valence-corrected chi connectivity index (χ2v) is 10.9. The maximum atomic E-state index is 14.2. The van der Waals surface area contributed by atoms with Crippen molar-refractivity contribution in [1.29, 1.82) is 0 Å². The van der Waals surface area contributed by atoms with E-state index < -0.39 is 38.6 Å². The summed E-state index contributed by atoms with van der Waals surface area (Å²) in [5, 5.41) is 7.83. The van der Waals surface area contributed by atoms with Crippen LogP contribution in [-0.2, 0) is 16.2 Å². The number of alkyl halides is 3. The molecule has 3 aromatic heterocycles. The van der Waals surface area contributed by atoms with Crippen LogP contribution in [0.15, 0.2) is 39.8 Å². The maximum Gasteiger partial charge on any atom is 0.451 e.